The number of halogens is 1. The molecule has 1 aliphatic rings. The molecule has 1 aliphatic heterocycles. The Labute approximate surface area is 159 Å². The molecule has 1 atom stereocenters. The average Bonchev–Trinajstić information content (AvgIpc) is 3.00. The first-order valence-corrected chi connectivity index (χ1v) is 11.6. The van der Waals surface area contributed by atoms with E-state index in [0.717, 1.165) is 25.9 Å². The van der Waals surface area contributed by atoms with Crippen LogP contribution in [-0.4, -0.2) is 33.0 Å². The minimum atomic E-state index is -3.48. The van der Waals surface area contributed by atoms with E-state index in [4.69, 9.17) is 0 Å². The summed E-state index contributed by atoms with van der Waals surface area (Å²) in [6.45, 7) is 2.37. The topological polar surface area (TPSA) is 49.4 Å². The van der Waals surface area contributed by atoms with Crippen molar-refractivity contribution >= 4 is 21.4 Å². The molecule has 1 aromatic heterocycles. The minimum absolute atomic E-state index is 0.0658. The number of hydrogen-bond donors (Lipinski definition) is 1. The largest absolute Gasteiger partial charge is 0.294 e. The molecule has 0 bridgehead atoms. The van der Waals surface area contributed by atoms with Gasteiger partial charge in [-0.3, -0.25) is 4.90 Å². The van der Waals surface area contributed by atoms with Gasteiger partial charge in [-0.2, -0.15) is 0 Å². The molecule has 3 rings (SSSR count). The summed E-state index contributed by atoms with van der Waals surface area (Å²) < 4.78 is 40.8. The molecular formula is C19H25FN2O2S2. The van der Waals surface area contributed by atoms with Crippen LogP contribution in [0.15, 0.2) is 41.8 Å². The molecule has 0 saturated carbocycles. The second-order valence-electron chi connectivity index (χ2n) is 6.72. The van der Waals surface area contributed by atoms with Crippen molar-refractivity contribution in [1.82, 2.24) is 9.62 Å². The average molecular weight is 397 g/mol. The first kappa shape index (κ1) is 19.5. The van der Waals surface area contributed by atoms with E-state index in [9.17, 15) is 12.8 Å². The number of rotatable bonds is 7. The Morgan fingerprint density at radius 3 is 2.38 bits per heavy atom. The van der Waals surface area contributed by atoms with Crippen LogP contribution in [-0.2, 0) is 15.8 Å². The molecule has 0 spiro atoms. The Morgan fingerprint density at radius 1 is 1.08 bits per heavy atom. The van der Waals surface area contributed by atoms with Crippen molar-refractivity contribution in [3.8, 4) is 0 Å². The van der Waals surface area contributed by atoms with Crippen LogP contribution in [0.3, 0.4) is 0 Å². The Hall–Kier alpha value is -1.28. The fourth-order valence-electron chi connectivity index (χ4n) is 3.35. The van der Waals surface area contributed by atoms with Gasteiger partial charge in [-0.1, -0.05) is 31.0 Å². The summed E-state index contributed by atoms with van der Waals surface area (Å²) in [6, 6.07) is 9.76. The summed E-state index contributed by atoms with van der Waals surface area (Å²) in [5.41, 5.74) is 0.585. The standard InChI is InChI=1S/C19H25FN2O2S2/c20-17-9-7-16(8-10-17)15-26(23,24)21-14-18(19-6-5-13-25-19)22-11-3-1-2-4-12-22/h5-10,13,18,21H,1-4,11-12,14-15H2. The van der Waals surface area contributed by atoms with Crippen LogP contribution in [0.1, 0.15) is 42.2 Å². The smallest absolute Gasteiger partial charge is 0.215 e. The van der Waals surface area contributed by atoms with Crippen molar-refractivity contribution in [1.29, 1.82) is 0 Å². The lowest BCUT2D eigenvalue weighted by atomic mass is 10.2. The first-order valence-electron chi connectivity index (χ1n) is 9.03. The van der Waals surface area contributed by atoms with Crippen LogP contribution in [0.5, 0.6) is 0 Å². The van der Waals surface area contributed by atoms with Crippen molar-refractivity contribution in [2.24, 2.45) is 0 Å². The zero-order valence-corrected chi connectivity index (χ0v) is 16.4. The molecule has 142 valence electrons. The van der Waals surface area contributed by atoms with Crippen LogP contribution < -0.4 is 4.72 Å². The summed E-state index contributed by atoms with van der Waals surface area (Å²) >= 11 is 1.67. The van der Waals surface area contributed by atoms with Crippen molar-refractivity contribution in [3.63, 3.8) is 0 Å². The van der Waals surface area contributed by atoms with Crippen molar-refractivity contribution in [3.05, 3.63) is 58.0 Å². The van der Waals surface area contributed by atoms with Gasteiger partial charge < -0.3 is 0 Å². The van der Waals surface area contributed by atoms with Gasteiger partial charge in [-0.15, -0.1) is 11.3 Å². The van der Waals surface area contributed by atoms with Crippen LogP contribution in [0.4, 0.5) is 4.39 Å². The third kappa shape index (κ3) is 5.61. The third-order valence-electron chi connectivity index (χ3n) is 4.72. The summed E-state index contributed by atoms with van der Waals surface area (Å²) in [4.78, 5) is 3.59. The predicted octanol–water partition coefficient (Wildman–Crippen LogP) is 3.92. The van der Waals surface area contributed by atoms with Gasteiger partial charge in [0.2, 0.25) is 10.0 Å². The van der Waals surface area contributed by atoms with Gasteiger partial charge in [0.1, 0.15) is 5.82 Å². The summed E-state index contributed by atoms with van der Waals surface area (Å²) in [7, 11) is -3.48. The minimum Gasteiger partial charge on any atom is -0.294 e. The van der Waals surface area contributed by atoms with E-state index in [1.54, 1.807) is 11.3 Å². The number of nitrogens with one attached hydrogen (secondary N) is 1. The molecule has 1 unspecified atom stereocenters. The van der Waals surface area contributed by atoms with Gasteiger partial charge in [-0.05, 0) is 55.1 Å². The molecule has 26 heavy (non-hydrogen) atoms. The van der Waals surface area contributed by atoms with Gasteiger partial charge in [-0.25, -0.2) is 17.5 Å². The highest BCUT2D eigenvalue weighted by atomic mass is 32.2. The van der Waals surface area contributed by atoms with E-state index in [1.165, 1.54) is 42.0 Å². The highest BCUT2D eigenvalue weighted by Gasteiger charge is 2.24. The molecule has 1 aromatic carbocycles. The van der Waals surface area contributed by atoms with Crippen molar-refractivity contribution in [2.75, 3.05) is 19.6 Å². The molecule has 0 radical (unpaired) electrons. The lowest BCUT2D eigenvalue weighted by Crippen LogP contribution is -2.38. The number of benzene rings is 1. The maximum Gasteiger partial charge on any atom is 0.215 e. The molecule has 2 heterocycles. The highest BCUT2D eigenvalue weighted by molar-refractivity contribution is 7.88. The molecule has 2 aromatic rings. The summed E-state index contributed by atoms with van der Waals surface area (Å²) in [5, 5.41) is 2.03. The maximum absolute atomic E-state index is 13.0. The predicted molar refractivity (Wildman–Crippen MR) is 104 cm³/mol. The molecule has 1 fully saturated rings. The van der Waals surface area contributed by atoms with Gasteiger partial charge in [0.25, 0.3) is 0 Å². The second kappa shape index (κ2) is 9.08. The second-order valence-corrected chi connectivity index (χ2v) is 9.50. The third-order valence-corrected chi connectivity index (χ3v) is 7.01. The summed E-state index contributed by atoms with van der Waals surface area (Å²) in [5.74, 6) is -0.497. The monoisotopic (exact) mass is 396 g/mol. The Morgan fingerprint density at radius 2 is 1.77 bits per heavy atom. The fourth-order valence-corrected chi connectivity index (χ4v) is 5.36. The van der Waals surface area contributed by atoms with Crippen LogP contribution in [0, 0.1) is 5.82 Å². The van der Waals surface area contributed by atoms with Gasteiger partial charge >= 0.3 is 0 Å². The fraction of sp³-hybridized carbons (Fsp3) is 0.474. The van der Waals surface area contributed by atoms with E-state index in [0.29, 0.717) is 12.1 Å². The van der Waals surface area contributed by atoms with Crippen LogP contribution in [0.2, 0.25) is 0 Å². The SMILES string of the molecule is O=S(=O)(Cc1ccc(F)cc1)NCC(c1cccs1)N1CCCCCC1. The highest BCUT2D eigenvalue weighted by Crippen LogP contribution is 2.27. The number of hydrogen-bond acceptors (Lipinski definition) is 4. The lowest BCUT2D eigenvalue weighted by Gasteiger charge is -2.30. The molecular weight excluding hydrogens is 371 g/mol. The van der Waals surface area contributed by atoms with Crippen molar-refractivity contribution in [2.45, 2.75) is 37.5 Å². The van der Waals surface area contributed by atoms with Gasteiger partial charge in [0.05, 0.1) is 11.8 Å². The number of sulfonamides is 1. The van der Waals surface area contributed by atoms with Gasteiger partial charge in [0.15, 0.2) is 0 Å². The molecule has 0 amide bonds. The van der Waals surface area contributed by atoms with Crippen molar-refractivity contribution < 1.29 is 12.8 Å². The van der Waals surface area contributed by atoms with Crippen LogP contribution >= 0.6 is 11.3 Å². The van der Waals surface area contributed by atoms with Crippen LogP contribution in [0.25, 0.3) is 0 Å². The molecule has 1 N–H and O–H groups in total. The normalized spacial score (nSPS) is 17.7. The van der Waals surface area contributed by atoms with E-state index >= 15 is 0 Å². The molecule has 4 nitrogen and oxygen atoms in total. The Kier molecular flexibility index (Phi) is 6.80. The molecule has 7 heteroatoms. The Bertz CT molecular complexity index is 768. The maximum atomic E-state index is 13.0. The lowest BCUT2D eigenvalue weighted by molar-refractivity contribution is 0.209. The molecule has 1 saturated heterocycles. The van der Waals surface area contributed by atoms with Gasteiger partial charge in [0, 0.05) is 11.4 Å². The van der Waals surface area contributed by atoms with E-state index in [1.807, 2.05) is 11.4 Å². The first-order chi connectivity index (χ1) is 12.5. The van der Waals surface area contributed by atoms with E-state index < -0.39 is 10.0 Å². The van der Waals surface area contributed by atoms with E-state index in [2.05, 4.69) is 15.7 Å². The zero-order chi connectivity index (χ0) is 18.4. The van der Waals surface area contributed by atoms with E-state index in [-0.39, 0.29) is 17.6 Å². The number of likely N-dealkylation sites (tertiary alicyclic amines) is 1. The summed E-state index contributed by atoms with van der Waals surface area (Å²) in [6.07, 6.45) is 4.79. The zero-order valence-electron chi connectivity index (χ0n) is 14.7. The molecule has 0 aliphatic carbocycles. The quantitative estimate of drug-likeness (QED) is 0.772. The Balaban J connectivity index is 1.67. The number of nitrogens with zero attached hydrogens (tertiary/aromatic N) is 1. The number of thiophene rings is 1.